The van der Waals surface area contributed by atoms with Gasteiger partial charge in [-0.25, -0.2) is 0 Å². The Morgan fingerprint density at radius 2 is 2.33 bits per heavy atom. The Kier molecular flexibility index (Phi) is 2.65. The van der Waals surface area contributed by atoms with E-state index in [1.807, 2.05) is 0 Å². The van der Waals surface area contributed by atoms with Crippen LogP contribution >= 0.6 is 0 Å². The van der Waals surface area contributed by atoms with Gasteiger partial charge in [0.25, 0.3) is 0 Å². The largest absolute Gasteiger partial charge is 0.467 e. The third-order valence-electron chi connectivity index (χ3n) is 1.95. The Morgan fingerprint density at radius 1 is 1.67 bits per heavy atom. The standard InChI is InChI=1S/C9H12O3/c1-6(7(2)10)9(11)8-4-3-5-12-8/h3-6,9,11H,1-2H3/t6-,9-/m1/s1. The second-order valence-corrected chi connectivity index (χ2v) is 2.86. The maximum atomic E-state index is 10.9. The van der Waals surface area contributed by atoms with Crippen molar-refractivity contribution in [3.05, 3.63) is 24.2 Å². The number of carbonyl (C=O) groups excluding carboxylic acids is 1. The fourth-order valence-electron chi connectivity index (χ4n) is 0.928. The number of aliphatic hydroxyl groups is 1. The van der Waals surface area contributed by atoms with Crippen molar-refractivity contribution in [3.63, 3.8) is 0 Å². The molecule has 0 aromatic carbocycles. The molecule has 12 heavy (non-hydrogen) atoms. The topological polar surface area (TPSA) is 50.4 Å². The van der Waals surface area contributed by atoms with Crippen LogP contribution < -0.4 is 0 Å². The third kappa shape index (κ3) is 1.74. The van der Waals surface area contributed by atoms with Crippen molar-refractivity contribution in [2.75, 3.05) is 0 Å². The van der Waals surface area contributed by atoms with Crippen LogP contribution in [-0.4, -0.2) is 10.9 Å². The van der Waals surface area contributed by atoms with Gasteiger partial charge in [-0.3, -0.25) is 4.79 Å². The zero-order valence-corrected chi connectivity index (χ0v) is 7.15. The summed E-state index contributed by atoms with van der Waals surface area (Å²) in [5, 5.41) is 9.53. The molecule has 3 nitrogen and oxygen atoms in total. The highest BCUT2D eigenvalue weighted by atomic mass is 16.4. The molecule has 1 N–H and O–H groups in total. The minimum Gasteiger partial charge on any atom is -0.467 e. The van der Waals surface area contributed by atoms with Crippen LogP contribution in [0.2, 0.25) is 0 Å². The van der Waals surface area contributed by atoms with Crippen molar-refractivity contribution in [3.8, 4) is 0 Å². The highest BCUT2D eigenvalue weighted by molar-refractivity contribution is 5.78. The molecule has 0 amide bonds. The van der Waals surface area contributed by atoms with E-state index >= 15 is 0 Å². The zero-order valence-electron chi connectivity index (χ0n) is 7.15. The molecule has 0 unspecified atom stereocenters. The van der Waals surface area contributed by atoms with Crippen molar-refractivity contribution >= 4 is 5.78 Å². The molecule has 66 valence electrons. The fourth-order valence-corrected chi connectivity index (χ4v) is 0.928. The summed E-state index contributed by atoms with van der Waals surface area (Å²) in [5.41, 5.74) is 0. The van der Waals surface area contributed by atoms with Crippen molar-refractivity contribution < 1.29 is 14.3 Å². The molecule has 0 fully saturated rings. The second kappa shape index (κ2) is 3.54. The lowest BCUT2D eigenvalue weighted by molar-refractivity contribution is -0.124. The average molecular weight is 168 g/mol. The lowest BCUT2D eigenvalue weighted by atomic mass is 9.99. The molecule has 1 aromatic rings. The zero-order chi connectivity index (χ0) is 9.14. The first-order chi connectivity index (χ1) is 5.63. The Morgan fingerprint density at radius 3 is 2.75 bits per heavy atom. The summed E-state index contributed by atoms with van der Waals surface area (Å²) in [7, 11) is 0. The van der Waals surface area contributed by atoms with Gasteiger partial charge in [0.2, 0.25) is 0 Å². The SMILES string of the molecule is CC(=O)[C@@H](C)[C@@H](O)c1ccco1. The normalized spacial score (nSPS) is 15.6. The van der Waals surface area contributed by atoms with Crippen LogP contribution in [-0.2, 0) is 4.79 Å². The molecule has 3 heteroatoms. The van der Waals surface area contributed by atoms with Gasteiger partial charge >= 0.3 is 0 Å². The number of Topliss-reactive ketones (excluding diaryl/α,β-unsaturated/α-hetero) is 1. The Hall–Kier alpha value is -1.09. The first-order valence-corrected chi connectivity index (χ1v) is 3.85. The van der Waals surface area contributed by atoms with Crippen molar-refractivity contribution in [1.29, 1.82) is 0 Å². The van der Waals surface area contributed by atoms with Gasteiger partial charge in [-0.05, 0) is 19.1 Å². The van der Waals surface area contributed by atoms with Gasteiger partial charge in [-0.15, -0.1) is 0 Å². The molecule has 1 aromatic heterocycles. The summed E-state index contributed by atoms with van der Waals surface area (Å²) in [4.78, 5) is 10.9. The monoisotopic (exact) mass is 168 g/mol. The van der Waals surface area contributed by atoms with Crippen LogP contribution in [0.3, 0.4) is 0 Å². The molecule has 1 heterocycles. The summed E-state index contributed by atoms with van der Waals surface area (Å²) in [6.45, 7) is 3.13. The molecule has 0 bridgehead atoms. The summed E-state index contributed by atoms with van der Waals surface area (Å²) in [6, 6.07) is 3.34. The number of hydrogen-bond acceptors (Lipinski definition) is 3. The van der Waals surface area contributed by atoms with Gasteiger partial charge < -0.3 is 9.52 Å². The maximum absolute atomic E-state index is 10.9. The number of carbonyl (C=O) groups is 1. The summed E-state index contributed by atoms with van der Waals surface area (Å²) in [5.74, 6) is -0.00671. The van der Waals surface area contributed by atoms with E-state index in [1.54, 1.807) is 19.1 Å². The lowest BCUT2D eigenvalue weighted by Gasteiger charge is -2.12. The van der Waals surface area contributed by atoms with Gasteiger partial charge in [0, 0.05) is 5.92 Å². The van der Waals surface area contributed by atoms with Crippen molar-refractivity contribution in [2.45, 2.75) is 20.0 Å². The van der Waals surface area contributed by atoms with Gasteiger partial charge in [-0.2, -0.15) is 0 Å². The van der Waals surface area contributed by atoms with E-state index < -0.39 is 12.0 Å². The Labute approximate surface area is 71.0 Å². The van der Waals surface area contributed by atoms with Gasteiger partial charge in [0.05, 0.1) is 6.26 Å². The molecule has 2 atom stereocenters. The second-order valence-electron chi connectivity index (χ2n) is 2.86. The predicted octanol–water partition coefficient (Wildman–Crippen LogP) is 1.54. The Bertz CT molecular complexity index is 251. The summed E-state index contributed by atoms with van der Waals surface area (Å²) in [6.07, 6.45) is 0.656. The molecule has 1 rings (SSSR count). The van der Waals surface area contributed by atoms with E-state index in [2.05, 4.69) is 0 Å². The van der Waals surface area contributed by atoms with Crippen LogP contribution in [0.1, 0.15) is 25.7 Å². The molecule has 0 saturated heterocycles. The average Bonchev–Trinajstić information content (AvgIpc) is 2.53. The van der Waals surface area contributed by atoms with E-state index in [9.17, 15) is 9.90 Å². The summed E-state index contributed by atoms with van der Waals surface area (Å²) >= 11 is 0. The number of hydrogen-bond donors (Lipinski definition) is 1. The number of furan rings is 1. The lowest BCUT2D eigenvalue weighted by Crippen LogP contribution is -2.15. The molecule has 0 saturated carbocycles. The molecule has 0 aliphatic heterocycles. The molecule has 0 aliphatic rings. The number of rotatable bonds is 3. The molecular formula is C9H12O3. The first kappa shape index (κ1) is 9.00. The Balaban J connectivity index is 2.71. The van der Waals surface area contributed by atoms with E-state index in [0.29, 0.717) is 5.76 Å². The third-order valence-corrected chi connectivity index (χ3v) is 1.95. The molecule has 0 aliphatic carbocycles. The molecule has 0 spiro atoms. The number of ketones is 1. The fraction of sp³-hybridized carbons (Fsp3) is 0.444. The highest BCUT2D eigenvalue weighted by Gasteiger charge is 2.21. The van der Waals surface area contributed by atoms with Crippen molar-refractivity contribution in [2.24, 2.45) is 5.92 Å². The van der Waals surface area contributed by atoms with Crippen molar-refractivity contribution in [1.82, 2.24) is 0 Å². The van der Waals surface area contributed by atoms with Crippen LogP contribution in [0.25, 0.3) is 0 Å². The van der Waals surface area contributed by atoms with Gasteiger partial charge in [-0.1, -0.05) is 6.92 Å². The predicted molar refractivity (Wildman–Crippen MR) is 43.5 cm³/mol. The minimum absolute atomic E-state index is 0.0427. The van der Waals surface area contributed by atoms with Crippen LogP contribution in [0.5, 0.6) is 0 Å². The highest BCUT2D eigenvalue weighted by Crippen LogP contribution is 2.22. The van der Waals surface area contributed by atoms with E-state index in [0.717, 1.165) is 0 Å². The van der Waals surface area contributed by atoms with Crippen LogP contribution in [0.4, 0.5) is 0 Å². The quantitative estimate of drug-likeness (QED) is 0.744. The van der Waals surface area contributed by atoms with E-state index in [4.69, 9.17) is 4.42 Å². The van der Waals surface area contributed by atoms with E-state index in [-0.39, 0.29) is 5.78 Å². The smallest absolute Gasteiger partial charge is 0.135 e. The van der Waals surface area contributed by atoms with E-state index in [1.165, 1.54) is 13.2 Å². The number of aliphatic hydroxyl groups excluding tert-OH is 1. The molecule has 0 radical (unpaired) electrons. The van der Waals surface area contributed by atoms with Gasteiger partial charge in [0.1, 0.15) is 17.6 Å². The van der Waals surface area contributed by atoms with Crippen LogP contribution in [0, 0.1) is 5.92 Å². The maximum Gasteiger partial charge on any atom is 0.135 e. The first-order valence-electron chi connectivity index (χ1n) is 3.85. The minimum atomic E-state index is -0.822. The summed E-state index contributed by atoms with van der Waals surface area (Å²) < 4.78 is 4.96. The van der Waals surface area contributed by atoms with Crippen LogP contribution in [0.15, 0.2) is 22.8 Å². The molecular weight excluding hydrogens is 156 g/mol. The van der Waals surface area contributed by atoms with Gasteiger partial charge in [0.15, 0.2) is 0 Å².